The molecule has 6 aromatic carbocycles. The molecule has 0 amide bonds. The van der Waals surface area contributed by atoms with Gasteiger partial charge in [0.2, 0.25) is 0 Å². The Hall–Kier alpha value is -9.47. The van der Waals surface area contributed by atoms with Crippen molar-refractivity contribution in [1.82, 2.24) is 39.9 Å². The Morgan fingerprint density at radius 2 is 0.409 bits per heavy atom. The van der Waals surface area contributed by atoms with Gasteiger partial charge < -0.3 is 21.6 Å². The molecule has 0 bridgehead atoms. The largest absolute Gasteiger partial charge is 2.00 e. The predicted octanol–water partition coefficient (Wildman–Crippen LogP) is 19.9. The van der Waals surface area contributed by atoms with E-state index in [2.05, 4.69) is 165 Å². The fourth-order valence-electron chi connectivity index (χ4n) is 8.19. The summed E-state index contributed by atoms with van der Waals surface area (Å²) in [6.45, 7) is 14.7. The van der Waals surface area contributed by atoms with Gasteiger partial charge in [0.1, 0.15) is 0 Å². The van der Waals surface area contributed by atoms with Crippen LogP contribution < -0.4 is 0 Å². The van der Waals surface area contributed by atoms with Crippen molar-refractivity contribution in [3.05, 3.63) is 265 Å². The number of nitrogens with zero attached hydrogens (tertiary/aromatic N) is 12. The van der Waals surface area contributed by atoms with Crippen LogP contribution in [0.5, 0.6) is 0 Å². The summed E-state index contributed by atoms with van der Waals surface area (Å²) in [4.78, 5) is 36.1. The average Bonchev–Trinajstić information content (AvgIpc) is 2.20. The van der Waals surface area contributed by atoms with E-state index in [-0.39, 0.29) is 39.0 Å². The second kappa shape index (κ2) is 41.6. The number of hydrogen-bond acceptors (Lipinski definition) is 8. The number of benzene rings is 6. The maximum absolute atomic E-state index is 7.44. The molecular weight excluding hydrogens is 1260 g/mol. The fraction of sp³-hybridized carbons (Fsp3) is 0.135. The molecule has 0 unspecified atom stereocenters. The second-order valence-electron chi connectivity index (χ2n) is 18.4. The third-order valence-electron chi connectivity index (χ3n) is 11.6. The molecule has 14 rings (SSSR count). The van der Waals surface area contributed by atoms with Crippen molar-refractivity contribution in [2.45, 2.75) is 68.2 Å². The van der Waals surface area contributed by atoms with Crippen LogP contribution in [0, 0.1) is 0 Å². The molecule has 444 valence electrons. The van der Waals surface area contributed by atoms with E-state index in [1.54, 1.807) is 52.5 Å². The van der Waals surface area contributed by atoms with Gasteiger partial charge in [-0.3, -0.25) is 19.9 Å². The summed E-state index contributed by atoms with van der Waals surface area (Å²) < 4.78 is 0. The quantitative estimate of drug-likeness (QED) is 0.0927. The number of para-hydroxylation sites is 4. The molecule has 8 heterocycles. The molecule has 12 nitrogen and oxygen atoms in total. The van der Waals surface area contributed by atoms with Crippen molar-refractivity contribution >= 4 is 112 Å². The summed E-state index contributed by atoms with van der Waals surface area (Å²) in [6.07, 6.45) is 13.7. The van der Waals surface area contributed by atoms with E-state index < -0.39 is 0 Å². The van der Waals surface area contributed by atoms with Crippen LogP contribution in [0.1, 0.15) is 68.2 Å². The minimum absolute atomic E-state index is 0. The molecule has 0 aliphatic rings. The van der Waals surface area contributed by atoms with Crippen LogP contribution in [0.3, 0.4) is 0 Å². The normalized spacial score (nSPS) is 9.45. The van der Waals surface area contributed by atoms with E-state index in [1.807, 2.05) is 121 Å². The van der Waals surface area contributed by atoms with Crippen molar-refractivity contribution in [1.29, 1.82) is 0 Å². The van der Waals surface area contributed by atoms with Gasteiger partial charge in [-0.1, -0.05) is 214 Å². The van der Waals surface area contributed by atoms with Gasteiger partial charge in [0.15, 0.2) is 0 Å². The minimum atomic E-state index is 0. The smallest absolute Gasteiger partial charge is 0.814 e. The van der Waals surface area contributed by atoms with Gasteiger partial charge in [-0.05, 0) is 72.8 Å². The van der Waals surface area contributed by atoms with E-state index >= 15 is 0 Å². The predicted molar refractivity (Wildman–Crippen MR) is 371 cm³/mol. The Balaban J connectivity index is 0.000000281. The van der Waals surface area contributed by atoms with Gasteiger partial charge in [-0.25, -0.2) is 44.8 Å². The number of fused-ring (bicyclic) bond motifs is 10. The standard InChI is InChI=1S/2C18H12N2.2C12H8N2.2C3H8.4C2H4N.2Ru/c2*1-3-7-15-13(5-1)9-11-17(19-15)18-12-10-14-6-2-4-8-16(14)20-18;2*1-3-9-5-6-10-4-2-8-14-12(10)11(9)13-7-1;2*1-3-2;4*1-2-3;;/h2*1-12H;2*1-8H;2*3H2,1-2H3;4*2H,1H3;;/q;;;;;;4*-1;2*+2. The third-order valence-corrected chi connectivity index (χ3v) is 11.6. The first-order valence-corrected chi connectivity index (χ1v) is 28.5. The monoisotopic (exact) mass is 1330 g/mol. The van der Waals surface area contributed by atoms with Crippen molar-refractivity contribution in [3.8, 4) is 22.8 Å². The Labute approximate surface area is 543 Å². The molecule has 0 saturated carbocycles. The Kier molecular flexibility index (Phi) is 34.4. The summed E-state index contributed by atoms with van der Waals surface area (Å²) in [5.41, 5.74) is 11.6. The molecule has 8 aromatic heterocycles. The molecule has 0 N–H and O–H groups in total. The summed E-state index contributed by atoms with van der Waals surface area (Å²) in [7, 11) is 0. The Morgan fingerprint density at radius 3 is 0.602 bits per heavy atom. The third kappa shape index (κ3) is 22.1. The van der Waals surface area contributed by atoms with Crippen LogP contribution >= 0.6 is 0 Å². The van der Waals surface area contributed by atoms with Crippen LogP contribution in [-0.4, -0.2) is 64.7 Å². The summed E-state index contributed by atoms with van der Waals surface area (Å²) in [5, 5.41) is 38.9. The molecule has 0 atom stereocenters. The number of rotatable bonds is 2. The van der Waals surface area contributed by atoms with Crippen molar-refractivity contribution in [2.24, 2.45) is 0 Å². The minimum Gasteiger partial charge on any atom is -0.814 e. The number of pyridine rings is 8. The second-order valence-corrected chi connectivity index (χ2v) is 18.4. The zero-order valence-corrected chi connectivity index (χ0v) is 54.4. The molecule has 0 fully saturated rings. The van der Waals surface area contributed by atoms with Crippen LogP contribution in [0.15, 0.2) is 243 Å². The van der Waals surface area contributed by atoms with E-state index in [0.717, 1.165) is 135 Å². The number of aromatic nitrogens is 8. The molecular formula is C74H72N12Ru2. The first-order chi connectivity index (χ1) is 42.2. The topological polar surface area (TPSA) is 192 Å². The van der Waals surface area contributed by atoms with Gasteiger partial charge in [0, 0.05) is 67.9 Å². The molecule has 0 aliphatic heterocycles. The maximum Gasteiger partial charge on any atom is 2.00 e. The van der Waals surface area contributed by atoms with E-state index in [9.17, 15) is 0 Å². The summed E-state index contributed by atoms with van der Waals surface area (Å²) in [6, 6.07) is 73.3. The maximum atomic E-state index is 7.44. The molecule has 14 aromatic rings. The summed E-state index contributed by atoms with van der Waals surface area (Å²) >= 11 is 0. The Bertz CT molecular complexity index is 3810. The SMILES string of the molecule is CC=[N-].CC=[N-].CC=[N-].CC=[N-].CCC.CCC.[Ru+2].[Ru+2].c1ccc2nc(-c3ccc4ccccc4n3)ccc2c1.c1ccc2nc(-c3ccc4ccccc4n3)ccc2c1.c1cnc2c(c1)ccc1cccnc12.c1cnc2c(c1)ccc1cccnc12. The van der Waals surface area contributed by atoms with Crippen LogP contribution in [0.25, 0.3) is 132 Å². The van der Waals surface area contributed by atoms with Gasteiger partial charge >= 0.3 is 39.0 Å². The van der Waals surface area contributed by atoms with Crippen molar-refractivity contribution < 1.29 is 39.0 Å². The van der Waals surface area contributed by atoms with Gasteiger partial charge in [-0.15, -0.1) is 0 Å². The Morgan fingerprint density at radius 1 is 0.250 bits per heavy atom. The molecule has 14 heteroatoms. The first-order valence-electron chi connectivity index (χ1n) is 28.5. The van der Waals surface area contributed by atoms with Crippen LogP contribution in [-0.2, 0) is 39.0 Å². The van der Waals surface area contributed by atoms with Crippen LogP contribution in [0.2, 0.25) is 0 Å². The van der Waals surface area contributed by atoms with Gasteiger partial charge in [0.25, 0.3) is 0 Å². The van der Waals surface area contributed by atoms with Crippen molar-refractivity contribution in [3.63, 3.8) is 0 Å². The van der Waals surface area contributed by atoms with E-state index in [1.165, 1.54) is 12.8 Å². The molecule has 88 heavy (non-hydrogen) atoms. The molecule has 0 spiro atoms. The summed E-state index contributed by atoms with van der Waals surface area (Å²) in [5.74, 6) is 0. The first kappa shape index (κ1) is 72.8. The van der Waals surface area contributed by atoms with Crippen LogP contribution in [0.4, 0.5) is 0 Å². The van der Waals surface area contributed by atoms with E-state index in [0.29, 0.717) is 0 Å². The van der Waals surface area contributed by atoms with E-state index in [4.69, 9.17) is 21.6 Å². The fourth-order valence-corrected chi connectivity index (χ4v) is 8.19. The molecule has 0 saturated heterocycles. The van der Waals surface area contributed by atoms with Gasteiger partial charge in [-0.2, -0.15) is 0 Å². The average molecular weight is 1330 g/mol. The number of hydrogen-bond donors (Lipinski definition) is 0. The van der Waals surface area contributed by atoms with Crippen molar-refractivity contribution in [2.75, 3.05) is 0 Å². The molecule has 0 aliphatic carbocycles. The molecule has 0 radical (unpaired) electrons. The zero-order valence-electron chi connectivity index (χ0n) is 50.9. The van der Waals surface area contributed by atoms with Gasteiger partial charge in [0.05, 0.1) is 66.9 Å². The zero-order chi connectivity index (χ0) is 61.7.